The summed E-state index contributed by atoms with van der Waals surface area (Å²) in [5, 5.41) is 4.02. The molecule has 76 valence electrons. The van der Waals surface area contributed by atoms with E-state index in [-0.39, 0.29) is 11.2 Å². The molecule has 0 aliphatic carbocycles. The van der Waals surface area contributed by atoms with E-state index in [2.05, 4.69) is 5.10 Å². The fourth-order valence-electron chi connectivity index (χ4n) is 1.39. The minimum atomic E-state index is -0.236. The van der Waals surface area contributed by atoms with Crippen LogP contribution in [0.4, 0.5) is 5.82 Å². The highest BCUT2D eigenvalue weighted by Crippen LogP contribution is 2.07. The molecule has 0 amide bonds. The van der Waals surface area contributed by atoms with Crippen molar-refractivity contribution in [3.8, 4) is 5.69 Å². The molecule has 2 N–H and O–H groups in total. The summed E-state index contributed by atoms with van der Waals surface area (Å²) >= 11 is 0. The number of aromatic nitrogens is 2. The lowest BCUT2D eigenvalue weighted by Gasteiger charge is -2.08. The van der Waals surface area contributed by atoms with Gasteiger partial charge in [0, 0.05) is 11.8 Å². The third-order valence-electron chi connectivity index (χ3n) is 2.14. The first-order valence-corrected chi connectivity index (χ1v) is 4.60. The number of anilines is 1. The van der Waals surface area contributed by atoms with E-state index in [0.717, 1.165) is 11.4 Å². The molecule has 0 saturated carbocycles. The van der Waals surface area contributed by atoms with E-state index >= 15 is 0 Å². The molecule has 0 aliphatic rings. The van der Waals surface area contributed by atoms with E-state index in [4.69, 9.17) is 5.73 Å². The van der Waals surface area contributed by atoms with Crippen molar-refractivity contribution in [1.82, 2.24) is 9.78 Å². The lowest BCUT2D eigenvalue weighted by atomic mass is 10.3. The smallest absolute Gasteiger partial charge is 0.224 e. The first-order valence-electron chi connectivity index (χ1n) is 4.60. The summed E-state index contributed by atoms with van der Waals surface area (Å²) in [6.45, 7) is 1.82. The van der Waals surface area contributed by atoms with Gasteiger partial charge in [0.05, 0.1) is 5.69 Å². The molecular weight excluding hydrogens is 190 g/mol. The van der Waals surface area contributed by atoms with Gasteiger partial charge in [0.25, 0.3) is 0 Å². The van der Waals surface area contributed by atoms with E-state index in [0.29, 0.717) is 0 Å². The van der Waals surface area contributed by atoms with Gasteiger partial charge in [-0.25, -0.2) is 4.68 Å². The van der Waals surface area contributed by atoms with Crippen molar-refractivity contribution in [1.29, 1.82) is 0 Å². The summed E-state index contributed by atoms with van der Waals surface area (Å²) in [5.41, 5.74) is 6.90. The monoisotopic (exact) mass is 201 g/mol. The molecule has 4 heteroatoms. The molecule has 0 atom stereocenters. The molecule has 1 heterocycles. The third kappa shape index (κ3) is 1.74. The average Bonchev–Trinajstić information content (AvgIpc) is 2.25. The third-order valence-corrected chi connectivity index (χ3v) is 2.14. The van der Waals surface area contributed by atoms with Gasteiger partial charge in [-0.1, -0.05) is 18.2 Å². The van der Waals surface area contributed by atoms with Crippen molar-refractivity contribution >= 4 is 5.82 Å². The number of rotatable bonds is 1. The van der Waals surface area contributed by atoms with Crippen LogP contribution >= 0.6 is 0 Å². The number of hydrogen-bond acceptors (Lipinski definition) is 3. The maximum Gasteiger partial charge on any atom is 0.224 e. The minimum Gasteiger partial charge on any atom is -0.379 e. The van der Waals surface area contributed by atoms with Crippen LogP contribution in [0.25, 0.3) is 5.69 Å². The fraction of sp³-hybridized carbons (Fsp3) is 0.0909. The molecule has 15 heavy (non-hydrogen) atoms. The Morgan fingerprint density at radius 3 is 2.60 bits per heavy atom. The van der Waals surface area contributed by atoms with E-state index < -0.39 is 0 Å². The van der Waals surface area contributed by atoms with Gasteiger partial charge in [0.2, 0.25) is 5.43 Å². The van der Waals surface area contributed by atoms with Gasteiger partial charge in [0.15, 0.2) is 5.82 Å². The number of benzene rings is 1. The number of nitrogens with zero attached hydrogens (tertiary/aromatic N) is 2. The van der Waals surface area contributed by atoms with Crippen LogP contribution in [0.2, 0.25) is 0 Å². The second-order valence-electron chi connectivity index (χ2n) is 3.28. The van der Waals surface area contributed by atoms with Crippen molar-refractivity contribution in [3.05, 3.63) is 52.3 Å². The maximum atomic E-state index is 11.2. The molecular formula is C11H11N3O. The Kier molecular flexibility index (Phi) is 2.25. The summed E-state index contributed by atoms with van der Waals surface area (Å²) in [7, 11) is 0. The molecule has 4 nitrogen and oxygen atoms in total. The van der Waals surface area contributed by atoms with Crippen LogP contribution in [0, 0.1) is 6.92 Å². The topological polar surface area (TPSA) is 60.9 Å². The van der Waals surface area contributed by atoms with Gasteiger partial charge in [-0.3, -0.25) is 4.79 Å². The van der Waals surface area contributed by atoms with Crippen LogP contribution in [0.5, 0.6) is 0 Å². The van der Waals surface area contributed by atoms with E-state index in [1.54, 1.807) is 4.68 Å². The highest BCUT2D eigenvalue weighted by molar-refractivity contribution is 5.35. The molecule has 1 aromatic heterocycles. The Labute approximate surface area is 87.0 Å². The zero-order chi connectivity index (χ0) is 10.8. The standard InChI is InChI=1S/C11H11N3O/c1-8-7-10(15)11(12)13-14(8)9-5-3-2-4-6-9/h2-7H,1H3,(H2,12,13). The van der Waals surface area contributed by atoms with Crippen molar-refractivity contribution in [2.24, 2.45) is 0 Å². The Morgan fingerprint density at radius 1 is 1.27 bits per heavy atom. The number of nitrogen functional groups attached to an aromatic ring is 1. The van der Waals surface area contributed by atoms with Crippen LogP contribution in [0.1, 0.15) is 5.69 Å². The molecule has 0 saturated heterocycles. The van der Waals surface area contributed by atoms with E-state index in [1.165, 1.54) is 6.07 Å². The molecule has 0 unspecified atom stereocenters. The normalized spacial score (nSPS) is 10.2. The van der Waals surface area contributed by atoms with Crippen LogP contribution < -0.4 is 11.2 Å². The molecule has 0 radical (unpaired) electrons. The second kappa shape index (κ2) is 3.57. The fourth-order valence-corrected chi connectivity index (χ4v) is 1.39. The summed E-state index contributed by atoms with van der Waals surface area (Å²) < 4.78 is 1.65. The van der Waals surface area contributed by atoms with Gasteiger partial charge >= 0.3 is 0 Å². The van der Waals surface area contributed by atoms with Gasteiger partial charge in [-0.05, 0) is 19.1 Å². The summed E-state index contributed by atoms with van der Waals surface area (Å²) in [6.07, 6.45) is 0. The van der Waals surface area contributed by atoms with Crippen LogP contribution in [-0.2, 0) is 0 Å². The first kappa shape index (κ1) is 9.45. The van der Waals surface area contributed by atoms with Gasteiger partial charge in [-0.15, -0.1) is 5.10 Å². The summed E-state index contributed by atoms with van der Waals surface area (Å²) in [5.74, 6) is 0.0180. The summed E-state index contributed by atoms with van der Waals surface area (Å²) in [4.78, 5) is 11.2. The zero-order valence-electron chi connectivity index (χ0n) is 8.34. The largest absolute Gasteiger partial charge is 0.379 e. The molecule has 0 aliphatic heterocycles. The number of nitrogens with two attached hydrogens (primary N) is 1. The molecule has 2 rings (SSSR count). The molecule has 0 fully saturated rings. The van der Waals surface area contributed by atoms with Crippen LogP contribution in [0.3, 0.4) is 0 Å². The first-order chi connectivity index (χ1) is 7.18. The zero-order valence-corrected chi connectivity index (χ0v) is 8.34. The van der Waals surface area contributed by atoms with Gasteiger partial charge in [0.1, 0.15) is 0 Å². The second-order valence-corrected chi connectivity index (χ2v) is 3.28. The van der Waals surface area contributed by atoms with E-state index in [1.807, 2.05) is 37.3 Å². The quantitative estimate of drug-likeness (QED) is 0.752. The molecule has 0 spiro atoms. The molecule has 2 aromatic rings. The highest BCUT2D eigenvalue weighted by Gasteiger charge is 2.03. The van der Waals surface area contributed by atoms with Gasteiger partial charge < -0.3 is 5.73 Å². The summed E-state index contributed by atoms with van der Waals surface area (Å²) in [6, 6.07) is 11.0. The Hall–Kier alpha value is -2.10. The Bertz CT molecular complexity index is 531. The predicted octanol–water partition coefficient (Wildman–Crippen LogP) is 1.12. The maximum absolute atomic E-state index is 11.2. The Morgan fingerprint density at radius 2 is 1.93 bits per heavy atom. The van der Waals surface area contributed by atoms with E-state index in [9.17, 15) is 4.79 Å². The number of para-hydroxylation sites is 1. The van der Waals surface area contributed by atoms with Crippen molar-refractivity contribution in [3.63, 3.8) is 0 Å². The minimum absolute atomic E-state index is 0.0180. The van der Waals surface area contributed by atoms with Crippen molar-refractivity contribution in [2.75, 3.05) is 5.73 Å². The predicted molar refractivity (Wildman–Crippen MR) is 59.0 cm³/mol. The number of hydrogen-bond donors (Lipinski definition) is 1. The van der Waals surface area contributed by atoms with Crippen molar-refractivity contribution < 1.29 is 0 Å². The lowest BCUT2D eigenvalue weighted by molar-refractivity contribution is 0.808. The van der Waals surface area contributed by atoms with Crippen LogP contribution in [-0.4, -0.2) is 9.78 Å². The lowest BCUT2D eigenvalue weighted by Crippen LogP contribution is -2.17. The van der Waals surface area contributed by atoms with Gasteiger partial charge in [-0.2, -0.15) is 0 Å². The Balaban J connectivity index is 2.64. The SMILES string of the molecule is Cc1cc(=O)c(N)nn1-c1ccccc1. The van der Waals surface area contributed by atoms with Crippen molar-refractivity contribution in [2.45, 2.75) is 6.92 Å². The van der Waals surface area contributed by atoms with Crippen LogP contribution in [0.15, 0.2) is 41.2 Å². The highest BCUT2D eigenvalue weighted by atomic mass is 16.1. The number of aryl methyl sites for hydroxylation is 1. The molecule has 1 aromatic carbocycles. The average molecular weight is 201 g/mol. The molecule has 0 bridgehead atoms.